The van der Waals surface area contributed by atoms with Crippen molar-refractivity contribution in [3.63, 3.8) is 0 Å². The maximum atomic E-state index is 5.86. The van der Waals surface area contributed by atoms with E-state index in [1.54, 1.807) is 6.20 Å². The van der Waals surface area contributed by atoms with Crippen molar-refractivity contribution in [1.82, 2.24) is 10.3 Å². The first-order chi connectivity index (χ1) is 9.70. The van der Waals surface area contributed by atoms with E-state index < -0.39 is 0 Å². The average molecular weight is 400 g/mol. The lowest BCUT2D eigenvalue weighted by molar-refractivity contribution is 0.317. The fourth-order valence-electron chi connectivity index (χ4n) is 1.87. The van der Waals surface area contributed by atoms with Gasteiger partial charge in [0.15, 0.2) is 0 Å². The van der Waals surface area contributed by atoms with E-state index in [4.69, 9.17) is 4.74 Å². The summed E-state index contributed by atoms with van der Waals surface area (Å²) in [7, 11) is 1.93. The molecule has 0 atom stereocenters. The van der Waals surface area contributed by atoms with Crippen LogP contribution in [-0.4, -0.2) is 18.6 Å². The van der Waals surface area contributed by atoms with Crippen molar-refractivity contribution in [1.29, 1.82) is 0 Å². The third kappa shape index (κ3) is 4.30. The smallest absolute Gasteiger partial charge is 0.147 e. The van der Waals surface area contributed by atoms with Gasteiger partial charge in [0.1, 0.15) is 5.75 Å². The van der Waals surface area contributed by atoms with E-state index in [0.29, 0.717) is 6.61 Å². The van der Waals surface area contributed by atoms with Gasteiger partial charge >= 0.3 is 0 Å². The Morgan fingerprint density at radius 1 is 1.20 bits per heavy atom. The van der Waals surface area contributed by atoms with Gasteiger partial charge < -0.3 is 10.1 Å². The SMILES string of the molecule is CNCc1cc(Br)c(OCCc2cccnc2)c(Br)c1. The number of halogens is 2. The summed E-state index contributed by atoms with van der Waals surface area (Å²) in [6.07, 6.45) is 4.48. The van der Waals surface area contributed by atoms with Crippen LogP contribution in [0.3, 0.4) is 0 Å². The number of rotatable bonds is 6. The molecular weight excluding hydrogens is 384 g/mol. The van der Waals surface area contributed by atoms with Gasteiger partial charge in [0.25, 0.3) is 0 Å². The Kier molecular flexibility index (Phi) is 6.01. The Morgan fingerprint density at radius 3 is 2.55 bits per heavy atom. The molecule has 1 aromatic carbocycles. The molecule has 20 heavy (non-hydrogen) atoms. The lowest BCUT2D eigenvalue weighted by Gasteiger charge is -2.12. The molecule has 0 fully saturated rings. The van der Waals surface area contributed by atoms with Crippen molar-refractivity contribution >= 4 is 31.9 Å². The first kappa shape index (κ1) is 15.5. The Hall–Kier alpha value is -0.910. The highest BCUT2D eigenvalue weighted by Gasteiger charge is 2.09. The molecule has 0 aliphatic carbocycles. The molecule has 0 aliphatic rings. The highest BCUT2D eigenvalue weighted by Crippen LogP contribution is 2.34. The standard InChI is InChI=1S/C15H16Br2N2O/c1-18-9-12-7-13(16)15(14(17)8-12)20-6-4-11-3-2-5-19-10-11/h2-3,5,7-8,10,18H,4,6,9H2,1H3. The molecule has 0 aliphatic heterocycles. The van der Waals surface area contributed by atoms with E-state index >= 15 is 0 Å². The summed E-state index contributed by atoms with van der Waals surface area (Å²) in [6.45, 7) is 1.45. The second-order valence-corrected chi connectivity index (χ2v) is 6.09. The summed E-state index contributed by atoms with van der Waals surface area (Å²) >= 11 is 7.12. The van der Waals surface area contributed by atoms with E-state index in [1.807, 2.05) is 19.3 Å². The maximum absolute atomic E-state index is 5.86. The van der Waals surface area contributed by atoms with Gasteiger partial charge in [0, 0.05) is 25.4 Å². The lowest BCUT2D eigenvalue weighted by Crippen LogP contribution is -2.06. The molecule has 0 radical (unpaired) electrons. The van der Waals surface area contributed by atoms with Crippen LogP contribution in [0.5, 0.6) is 5.75 Å². The highest BCUT2D eigenvalue weighted by atomic mass is 79.9. The van der Waals surface area contributed by atoms with E-state index in [0.717, 1.165) is 27.7 Å². The van der Waals surface area contributed by atoms with Crippen LogP contribution in [-0.2, 0) is 13.0 Å². The maximum Gasteiger partial charge on any atom is 0.147 e. The Morgan fingerprint density at radius 2 is 1.95 bits per heavy atom. The first-order valence-corrected chi connectivity index (χ1v) is 7.93. The molecule has 0 spiro atoms. The van der Waals surface area contributed by atoms with Crippen molar-refractivity contribution in [2.45, 2.75) is 13.0 Å². The topological polar surface area (TPSA) is 34.1 Å². The van der Waals surface area contributed by atoms with Crippen molar-refractivity contribution in [3.8, 4) is 5.75 Å². The third-order valence-corrected chi connectivity index (χ3v) is 3.98. The Balaban J connectivity index is 1.99. The van der Waals surface area contributed by atoms with Crippen LogP contribution >= 0.6 is 31.9 Å². The summed E-state index contributed by atoms with van der Waals surface area (Å²) < 4.78 is 7.79. The summed E-state index contributed by atoms with van der Waals surface area (Å²) in [5.74, 6) is 0.841. The number of benzene rings is 1. The van der Waals surface area contributed by atoms with Crippen LogP contribution in [0.1, 0.15) is 11.1 Å². The van der Waals surface area contributed by atoms with Crippen molar-refractivity contribution < 1.29 is 4.74 Å². The van der Waals surface area contributed by atoms with Crippen molar-refractivity contribution in [2.24, 2.45) is 0 Å². The second-order valence-electron chi connectivity index (χ2n) is 4.38. The minimum Gasteiger partial charge on any atom is -0.491 e. The number of hydrogen-bond donors (Lipinski definition) is 1. The molecule has 2 aromatic rings. The van der Waals surface area contributed by atoms with E-state index in [2.05, 4.69) is 60.4 Å². The van der Waals surface area contributed by atoms with Gasteiger partial charge in [-0.1, -0.05) is 6.07 Å². The minimum atomic E-state index is 0.619. The second kappa shape index (κ2) is 7.76. The number of nitrogens with one attached hydrogen (secondary N) is 1. The quantitative estimate of drug-likeness (QED) is 0.798. The normalized spacial score (nSPS) is 10.6. The molecule has 1 heterocycles. The Labute approximate surface area is 136 Å². The van der Waals surface area contributed by atoms with Gasteiger partial charge in [0.2, 0.25) is 0 Å². The molecule has 1 N–H and O–H groups in total. The molecule has 3 nitrogen and oxygen atoms in total. The van der Waals surface area contributed by atoms with E-state index in [9.17, 15) is 0 Å². The van der Waals surface area contributed by atoms with Gasteiger partial charge in [-0.15, -0.1) is 0 Å². The number of hydrogen-bond acceptors (Lipinski definition) is 3. The van der Waals surface area contributed by atoms with Gasteiger partial charge in [-0.3, -0.25) is 4.98 Å². The molecule has 5 heteroatoms. The molecule has 0 saturated heterocycles. The fourth-order valence-corrected chi connectivity index (χ4v) is 3.38. The van der Waals surface area contributed by atoms with E-state index in [1.165, 1.54) is 11.1 Å². The predicted octanol–water partition coefficient (Wildman–Crippen LogP) is 3.95. The lowest BCUT2D eigenvalue weighted by atomic mass is 10.2. The number of ether oxygens (including phenoxy) is 1. The van der Waals surface area contributed by atoms with Crippen molar-refractivity contribution in [3.05, 3.63) is 56.7 Å². The van der Waals surface area contributed by atoms with Crippen LogP contribution in [0, 0.1) is 0 Å². The van der Waals surface area contributed by atoms with Crippen LogP contribution in [0.15, 0.2) is 45.6 Å². The van der Waals surface area contributed by atoms with Crippen LogP contribution in [0.2, 0.25) is 0 Å². The number of nitrogens with zero attached hydrogens (tertiary/aromatic N) is 1. The molecule has 2 rings (SSSR count). The zero-order chi connectivity index (χ0) is 14.4. The average Bonchev–Trinajstić information content (AvgIpc) is 2.43. The predicted molar refractivity (Wildman–Crippen MR) is 88.0 cm³/mol. The molecule has 106 valence electrons. The minimum absolute atomic E-state index is 0.619. The molecule has 0 saturated carbocycles. The zero-order valence-electron chi connectivity index (χ0n) is 11.2. The molecule has 1 aromatic heterocycles. The van der Waals surface area contributed by atoms with Crippen molar-refractivity contribution in [2.75, 3.05) is 13.7 Å². The summed E-state index contributed by atoms with van der Waals surface area (Å²) in [5.41, 5.74) is 2.37. The summed E-state index contributed by atoms with van der Waals surface area (Å²) in [6, 6.07) is 8.13. The number of pyridine rings is 1. The van der Waals surface area contributed by atoms with Gasteiger partial charge in [-0.2, -0.15) is 0 Å². The van der Waals surface area contributed by atoms with Crippen LogP contribution in [0.4, 0.5) is 0 Å². The van der Waals surface area contributed by atoms with E-state index in [-0.39, 0.29) is 0 Å². The molecule has 0 unspecified atom stereocenters. The van der Waals surface area contributed by atoms with Gasteiger partial charge in [0.05, 0.1) is 15.6 Å². The third-order valence-electron chi connectivity index (χ3n) is 2.80. The largest absolute Gasteiger partial charge is 0.491 e. The van der Waals surface area contributed by atoms with Gasteiger partial charge in [-0.05, 0) is 68.2 Å². The van der Waals surface area contributed by atoms with Crippen LogP contribution in [0.25, 0.3) is 0 Å². The monoisotopic (exact) mass is 398 g/mol. The number of aromatic nitrogens is 1. The zero-order valence-corrected chi connectivity index (χ0v) is 14.4. The summed E-state index contributed by atoms with van der Waals surface area (Å²) in [4.78, 5) is 4.10. The molecule has 0 amide bonds. The van der Waals surface area contributed by atoms with Crippen LogP contribution < -0.4 is 10.1 Å². The molecule has 0 bridgehead atoms. The Bertz CT molecular complexity index is 538. The fraction of sp³-hybridized carbons (Fsp3) is 0.267. The molecular formula is C15H16Br2N2O. The first-order valence-electron chi connectivity index (χ1n) is 6.35. The summed E-state index contributed by atoms with van der Waals surface area (Å²) in [5, 5.41) is 3.13. The highest BCUT2D eigenvalue weighted by molar-refractivity contribution is 9.11. The van der Waals surface area contributed by atoms with Gasteiger partial charge in [-0.25, -0.2) is 0 Å².